The van der Waals surface area contributed by atoms with Crippen molar-refractivity contribution in [2.45, 2.75) is 19.9 Å². The van der Waals surface area contributed by atoms with Crippen molar-refractivity contribution < 1.29 is 18.7 Å². The van der Waals surface area contributed by atoms with Crippen LogP contribution >= 0.6 is 54.8 Å². The highest BCUT2D eigenvalue weighted by atomic mass is 79.9. The molecule has 1 aliphatic heterocycles. The van der Waals surface area contributed by atoms with Crippen molar-refractivity contribution in [3.63, 3.8) is 0 Å². The molecule has 0 unspecified atom stereocenters. The molecule has 0 spiro atoms. The third-order valence-corrected chi connectivity index (χ3v) is 8.50. The number of nitrogens with zero attached hydrogens (tertiary/aromatic N) is 2. The zero-order valence-electron chi connectivity index (χ0n) is 21.0. The number of aromatic nitrogens is 1. The molecule has 7 nitrogen and oxygen atoms in total. The number of carbonyl (C=O) groups excluding carboxylic acids is 1. The molecule has 0 aliphatic carbocycles. The first kappa shape index (κ1) is 27.6. The summed E-state index contributed by atoms with van der Waals surface area (Å²) in [6.07, 6.45) is 1.68. The molecule has 39 heavy (non-hydrogen) atoms. The third-order valence-electron chi connectivity index (χ3n) is 6.10. The topological polar surface area (TPSA) is 83.0 Å². The minimum atomic E-state index is -0.846. The zero-order valence-corrected chi connectivity index (χ0v) is 25.7. The number of fused-ring (bicyclic) bond motifs is 1. The SMILES string of the molecule is CCOC(=O)C1=C(C)N=c2s/c(=C\c3ccc(-c4cc(Br)ccc4Br)o3)c(=O)n2[C@@H]1c1cc(Cl)ccc1OC. The largest absolute Gasteiger partial charge is 0.496 e. The van der Waals surface area contributed by atoms with Crippen molar-refractivity contribution in [2.75, 3.05) is 13.7 Å². The monoisotopic (exact) mass is 690 g/mol. The maximum atomic E-state index is 13.9. The van der Waals surface area contributed by atoms with E-state index in [1.54, 1.807) is 44.2 Å². The second-order valence-electron chi connectivity index (χ2n) is 8.51. The van der Waals surface area contributed by atoms with Gasteiger partial charge >= 0.3 is 5.97 Å². The van der Waals surface area contributed by atoms with Crippen LogP contribution in [0.4, 0.5) is 0 Å². The fourth-order valence-electron chi connectivity index (χ4n) is 4.40. The summed E-state index contributed by atoms with van der Waals surface area (Å²) in [4.78, 5) is 32.0. The van der Waals surface area contributed by atoms with Crippen LogP contribution in [-0.4, -0.2) is 24.3 Å². The van der Waals surface area contributed by atoms with Crippen LogP contribution in [0.15, 0.2) is 83.0 Å². The molecule has 3 heterocycles. The molecule has 0 bridgehead atoms. The number of hydrogen-bond donors (Lipinski definition) is 0. The summed E-state index contributed by atoms with van der Waals surface area (Å²) in [5, 5.41) is 0.438. The zero-order chi connectivity index (χ0) is 27.8. The van der Waals surface area contributed by atoms with Crippen LogP contribution in [0.5, 0.6) is 5.75 Å². The summed E-state index contributed by atoms with van der Waals surface area (Å²) in [5.41, 5.74) is 1.79. The van der Waals surface area contributed by atoms with Gasteiger partial charge in [-0.15, -0.1) is 0 Å². The molecule has 1 aliphatic rings. The summed E-state index contributed by atoms with van der Waals surface area (Å²) in [5.74, 6) is 1.06. The van der Waals surface area contributed by atoms with Gasteiger partial charge < -0.3 is 13.9 Å². The fourth-order valence-corrected chi connectivity index (χ4v) is 6.41. The molecule has 5 rings (SSSR count). The van der Waals surface area contributed by atoms with E-state index in [-0.39, 0.29) is 17.7 Å². The van der Waals surface area contributed by atoms with Gasteiger partial charge in [0.15, 0.2) is 4.80 Å². The molecule has 2 aromatic heterocycles. The summed E-state index contributed by atoms with van der Waals surface area (Å²) in [6.45, 7) is 3.62. The number of furan rings is 1. The molecule has 0 radical (unpaired) electrons. The Labute approximate surface area is 249 Å². The van der Waals surface area contributed by atoms with Gasteiger partial charge in [-0.05, 0) is 62.4 Å². The Morgan fingerprint density at radius 3 is 2.74 bits per heavy atom. The van der Waals surface area contributed by atoms with E-state index in [9.17, 15) is 9.59 Å². The van der Waals surface area contributed by atoms with Crippen LogP contribution in [0, 0.1) is 0 Å². The quantitative estimate of drug-likeness (QED) is 0.224. The van der Waals surface area contributed by atoms with Gasteiger partial charge in [0.2, 0.25) is 0 Å². The van der Waals surface area contributed by atoms with E-state index >= 15 is 0 Å². The summed E-state index contributed by atoms with van der Waals surface area (Å²) in [6, 6.07) is 13.7. The number of rotatable bonds is 6. The summed E-state index contributed by atoms with van der Waals surface area (Å²) in [7, 11) is 1.52. The highest BCUT2D eigenvalue weighted by Gasteiger charge is 2.35. The van der Waals surface area contributed by atoms with E-state index in [4.69, 9.17) is 25.5 Å². The molecule has 1 atom stereocenters. The number of halogens is 3. The predicted octanol–water partition coefficient (Wildman–Crippen LogP) is 6.25. The first-order chi connectivity index (χ1) is 18.7. The molecular weight excluding hydrogens is 672 g/mol. The van der Waals surface area contributed by atoms with E-state index in [0.717, 1.165) is 14.5 Å². The molecule has 11 heteroatoms. The van der Waals surface area contributed by atoms with Crippen LogP contribution in [-0.2, 0) is 9.53 Å². The van der Waals surface area contributed by atoms with Gasteiger partial charge in [0.05, 0.1) is 29.5 Å². The van der Waals surface area contributed by atoms with E-state index in [2.05, 4.69) is 36.9 Å². The Morgan fingerprint density at radius 2 is 2.00 bits per heavy atom. The molecule has 0 amide bonds. The minimum Gasteiger partial charge on any atom is -0.496 e. The van der Waals surface area contributed by atoms with Crippen molar-refractivity contribution in [2.24, 2.45) is 4.99 Å². The van der Waals surface area contributed by atoms with Crippen molar-refractivity contribution in [1.82, 2.24) is 4.57 Å². The normalized spacial score (nSPS) is 15.2. The van der Waals surface area contributed by atoms with Crippen molar-refractivity contribution >= 4 is 66.8 Å². The number of allylic oxidation sites excluding steroid dienone is 1. The molecule has 200 valence electrons. The van der Waals surface area contributed by atoms with Gasteiger partial charge in [-0.3, -0.25) is 9.36 Å². The van der Waals surface area contributed by atoms with Gasteiger partial charge in [-0.1, -0.05) is 54.8 Å². The van der Waals surface area contributed by atoms with E-state index in [1.807, 2.05) is 24.3 Å². The molecule has 0 N–H and O–H groups in total. The van der Waals surface area contributed by atoms with Gasteiger partial charge in [-0.25, -0.2) is 9.79 Å². The predicted molar refractivity (Wildman–Crippen MR) is 158 cm³/mol. The van der Waals surface area contributed by atoms with Crippen molar-refractivity contribution in [3.05, 3.63) is 105 Å². The van der Waals surface area contributed by atoms with E-state index in [1.165, 1.54) is 23.0 Å². The number of thiazole rings is 1. The Bertz CT molecular complexity index is 1820. The number of esters is 1. The van der Waals surface area contributed by atoms with E-state index in [0.29, 0.717) is 42.9 Å². The van der Waals surface area contributed by atoms with Gasteiger partial charge in [0, 0.05) is 31.2 Å². The van der Waals surface area contributed by atoms with Crippen molar-refractivity contribution in [3.8, 4) is 17.1 Å². The molecule has 0 saturated heterocycles. The lowest BCUT2D eigenvalue weighted by Gasteiger charge is -2.26. The lowest BCUT2D eigenvalue weighted by Crippen LogP contribution is -2.40. The average Bonchev–Trinajstić information content (AvgIpc) is 3.49. The van der Waals surface area contributed by atoms with Gasteiger partial charge in [-0.2, -0.15) is 0 Å². The second kappa shape index (κ2) is 11.3. The van der Waals surface area contributed by atoms with Crippen LogP contribution in [0.25, 0.3) is 17.4 Å². The molecular formula is C28H21Br2ClN2O5S. The number of carbonyl (C=O) groups is 1. The average molecular weight is 693 g/mol. The first-order valence-corrected chi connectivity index (χ1v) is 14.6. The summed E-state index contributed by atoms with van der Waals surface area (Å²) >= 11 is 14.6. The number of ether oxygens (including phenoxy) is 2. The number of methoxy groups -OCH3 is 1. The smallest absolute Gasteiger partial charge is 0.338 e. The molecule has 2 aromatic carbocycles. The number of hydrogen-bond acceptors (Lipinski definition) is 7. The van der Waals surface area contributed by atoms with Crippen LogP contribution in [0.2, 0.25) is 5.02 Å². The summed E-state index contributed by atoms with van der Waals surface area (Å²) < 4.78 is 20.7. The standard InChI is InChI=1S/C28H21Br2ClN2O5S/c1-4-37-27(35)24-14(2)32-28-33(25(24)19-12-16(31)6-9-21(19)36-3)26(34)23(39-28)13-17-7-10-22(38-17)18-11-15(29)5-8-20(18)30/h5-13,25H,4H2,1-3H3/b23-13-/t25-/m1/s1. The Balaban J connectivity index is 1.68. The maximum absolute atomic E-state index is 13.9. The minimum absolute atomic E-state index is 0.175. The third kappa shape index (κ3) is 5.30. The van der Waals surface area contributed by atoms with Crippen LogP contribution < -0.4 is 19.6 Å². The van der Waals surface area contributed by atoms with Crippen LogP contribution in [0.3, 0.4) is 0 Å². The number of benzene rings is 2. The lowest BCUT2D eigenvalue weighted by molar-refractivity contribution is -0.139. The van der Waals surface area contributed by atoms with Crippen LogP contribution in [0.1, 0.15) is 31.2 Å². The molecule has 4 aromatic rings. The van der Waals surface area contributed by atoms with Gasteiger partial charge in [0.1, 0.15) is 23.3 Å². The van der Waals surface area contributed by atoms with E-state index < -0.39 is 12.0 Å². The molecule has 0 fully saturated rings. The lowest BCUT2D eigenvalue weighted by atomic mass is 9.95. The fraction of sp³-hybridized carbons (Fsp3) is 0.179. The van der Waals surface area contributed by atoms with Crippen molar-refractivity contribution in [1.29, 1.82) is 0 Å². The Morgan fingerprint density at radius 1 is 1.21 bits per heavy atom. The second-order valence-corrected chi connectivity index (χ2v) is 11.7. The Kier molecular flexibility index (Phi) is 8.00. The highest BCUT2D eigenvalue weighted by molar-refractivity contribution is 9.11. The Hall–Kier alpha value is -2.92. The maximum Gasteiger partial charge on any atom is 0.338 e. The first-order valence-electron chi connectivity index (χ1n) is 11.8. The highest BCUT2D eigenvalue weighted by Crippen LogP contribution is 2.37. The molecule has 0 saturated carbocycles. The van der Waals surface area contributed by atoms with Gasteiger partial charge in [0.25, 0.3) is 5.56 Å².